The molecule has 86 valence electrons. The van der Waals surface area contributed by atoms with E-state index in [9.17, 15) is 20.1 Å². The summed E-state index contributed by atoms with van der Waals surface area (Å²) in [5, 5.41) is 28.1. The van der Waals surface area contributed by atoms with Gasteiger partial charge in [0, 0.05) is 6.42 Å². The van der Waals surface area contributed by atoms with E-state index in [4.69, 9.17) is 4.74 Å². The lowest BCUT2D eigenvalue weighted by Crippen LogP contribution is -2.31. The van der Waals surface area contributed by atoms with E-state index in [0.29, 0.717) is 0 Å². The van der Waals surface area contributed by atoms with Gasteiger partial charge in [-0.25, -0.2) is 0 Å². The minimum Gasteiger partial charge on any atom is -0.462 e. The normalized spacial score (nSPS) is 40.7. The molecule has 0 radical (unpaired) electrons. The van der Waals surface area contributed by atoms with Crippen molar-refractivity contribution in [1.29, 1.82) is 0 Å². The summed E-state index contributed by atoms with van der Waals surface area (Å²) in [6.07, 6.45) is -0.805. The van der Waals surface area contributed by atoms with E-state index in [1.807, 2.05) is 0 Å². The second-order valence-corrected chi connectivity index (χ2v) is 3.75. The van der Waals surface area contributed by atoms with Gasteiger partial charge in [-0.2, -0.15) is 0 Å². The maximum absolute atomic E-state index is 11.2. The molecule has 1 heterocycles. The van der Waals surface area contributed by atoms with Crippen LogP contribution in [-0.2, 0) is 9.53 Å². The number of ether oxygens (including phenoxy) is 1. The van der Waals surface area contributed by atoms with E-state index in [1.54, 1.807) is 6.92 Å². The van der Waals surface area contributed by atoms with Crippen LogP contribution in [0.1, 0.15) is 19.8 Å². The molecule has 0 aromatic heterocycles. The molecule has 0 saturated heterocycles. The molecule has 5 heteroatoms. The molecule has 0 spiro atoms. The molecular formula is C10H16O5. The Bertz CT molecular complexity index is 250. The highest BCUT2D eigenvalue weighted by Gasteiger charge is 2.22. The summed E-state index contributed by atoms with van der Waals surface area (Å²) in [4.78, 5) is 11.2. The topological polar surface area (TPSA) is 87.0 Å². The van der Waals surface area contributed by atoms with Crippen LogP contribution in [0.15, 0.2) is 12.2 Å². The van der Waals surface area contributed by atoms with Crippen molar-refractivity contribution in [2.24, 2.45) is 0 Å². The maximum atomic E-state index is 11.2. The summed E-state index contributed by atoms with van der Waals surface area (Å²) >= 11 is 0. The number of carbonyl (C=O) groups excluding carboxylic acids is 1. The predicted molar refractivity (Wildman–Crippen MR) is 51.9 cm³/mol. The van der Waals surface area contributed by atoms with E-state index in [2.05, 4.69) is 0 Å². The van der Waals surface area contributed by atoms with Crippen LogP contribution in [0.25, 0.3) is 0 Å². The Morgan fingerprint density at radius 2 is 2.00 bits per heavy atom. The molecule has 3 N–H and O–H groups in total. The number of cyclic esters (lactones) is 1. The highest BCUT2D eigenvalue weighted by atomic mass is 16.5. The Balaban J connectivity index is 2.72. The second kappa shape index (κ2) is 5.25. The second-order valence-electron chi connectivity index (χ2n) is 3.75. The zero-order chi connectivity index (χ0) is 11.4. The molecular weight excluding hydrogens is 200 g/mol. The van der Waals surface area contributed by atoms with Crippen LogP contribution in [-0.4, -0.2) is 45.7 Å². The molecule has 0 fully saturated rings. The lowest BCUT2D eigenvalue weighted by atomic mass is 10.1. The molecule has 0 aromatic carbocycles. The first-order valence-corrected chi connectivity index (χ1v) is 4.91. The SMILES string of the molecule is C[C@@H]1C[C@H](O)/C=C/[C@@H](O)[C@@H](O)CC(=O)O1. The minimum atomic E-state index is -1.19. The zero-order valence-corrected chi connectivity index (χ0v) is 8.54. The van der Waals surface area contributed by atoms with Crippen molar-refractivity contribution in [3.8, 4) is 0 Å². The van der Waals surface area contributed by atoms with Crippen LogP contribution in [0.5, 0.6) is 0 Å². The molecule has 0 aliphatic carbocycles. The molecule has 15 heavy (non-hydrogen) atoms. The number of aliphatic hydroxyl groups is 3. The summed E-state index contributed by atoms with van der Waals surface area (Å²) in [5.74, 6) is -0.573. The quantitative estimate of drug-likeness (QED) is 0.370. The van der Waals surface area contributed by atoms with Gasteiger partial charge in [0.05, 0.1) is 24.7 Å². The first-order valence-electron chi connectivity index (χ1n) is 4.91. The first kappa shape index (κ1) is 12.2. The third-order valence-corrected chi connectivity index (χ3v) is 2.21. The van der Waals surface area contributed by atoms with Gasteiger partial charge in [-0.15, -0.1) is 0 Å². The van der Waals surface area contributed by atoms with Crippen molar-refractivity contribution in [3.63, 3.8) is 0 Å². The van der Waals surface area contributed by atoms with Gasteiger partial charge in [0.2, 0.25) is 0 Å². The molecule has 0 unspecified atom stereocenters. The van der Waals surface area contributed by atoms with Crippen molar-refractivity contribution < 1.29 is 24.9 Å². The van der Waals surface area contributed by atoms with Crippen LogP contribution < -0.4 is 0 Å². The fourth-order valence-electron chi connectivity index (χ4n) is 1.40. The van der Waals surface area contributed by atoms with Crippen molar-refractivity contribution in [3.05, 3.63) is 12.2 Å². The van der Waals surface area contributed by atoms with Crippen molar-refractivity contribution >= 4 is 5.97 Å². The molecule has 1 aliphatic rings. The average molecular weight is 216 g/mol. The number of aliphatic hydroxyl groups excluding tert-OH is 3. The van der Waals surface area contributed by atoms with Crippen molar-refractivity contribution in [2.75, 3.05) is 0 Å². The number of hydrogen-bond donors (Lipinski definition) is 3. The fourth-order valence-corrected chi connectivity index (χ4v) is 1.40. The van der Waals surface area contributed by atoms with Gasteiger partial charge in [-0.05, 0) is 6.92 Å². The zero-order valence-electron chi connectivity index (χ0n) is 8.54. The third-order valence-electron chi connectivity index (χ3n) is 2.21. The predicted octanol–water partition coefficient (Wildman–Crippen LogP) is -0.649. The highest BCUT2D eigenvalue weighted by molar-refractivity contribution is 5.70. The van der Waals surface area contributed by atoms with Crippen molar-refractivity contribution in [2.45, 2.75) is 44.2 Å². The summed E-state index contributed by atoms with van der Waals surface area (Å²) < 4.78 is 4.91. The molecule has 1 rings (SSSR count). The standard InChI is InChI=1S/C10H16O5/c1-6-4-7(11)2-3-8(12)9(13)5-10(14)15-6/h2-3,6-9,11-13H,4-5H2,1H3/b3-2+/t6-,7-,8-,9+/m1/s1. The Labute approximate surface area is 88.0 Å². The fraction of sp³-hybridized carbons (Fsp3) is 0.700. The lowest BCUT2D eigenvalue weighted by molar-refractivity contribution is -0.152. The van der Waals surface area contributed by atoms with Gasteiger partial charge in [-0.3, -0.25) is 4.79 Å². The largest absolute Gasteiger partial charge is 0.462 e. The summed E-state index contributed by atoms with van der Waals surface area (Å²) in [7, 11) is 0. The van der Waals surface area contributed by atoms with Crippen LogP contribution >= 0.6 is 0 Å². The molecule has 0 saturated carbocycles. The van der Waals surface area contributed by atoms with E-state index < -0.39 is 30.4 Å². The van der Waals surface area contributed by atoms with Crippen LogP contribution in [0.3, 0.4) is 0 Å². The number of rotatable bonds is 0. The van der Waals surface area contributed by atoms with E-state index >= 15 is 0 Å². The third kappa shape index (κ3) is 3.99. The highest BCUT2D eigenvalue weighted by Crippen LogP contribution is 2.11. The van der Waals surface area contributed by atoms with E-state index in [1.165, 1.54) is 12.2 Å². The van der Waals surface area contributed by atoms with Gasteiger partial charge in [0.15, 0.2) is 0 Å². The summed E-state index contributed by atoms with van der Waals surface area (Å²) in [6.45, 7) is 1.67. The Morgan fingerprint density at radius 3 is 2.67 bits per heavy atom. The Kier molecular flexibility index (Phi) is 4.26. The molecule has 5 nitrogen and oxygen atoms in total. The molecule has 4 atom stereocenters. The number of esters is 1. The van der Waals surface area contributed by atoms with Crippen LogP contribution in [0.2, 0.25) is 0 Å². The summed E-state index contributed by atoms with van der Waals surface area (Å²) in [6, 6.07) is 0. The Hall–Kier alpha value is -0.910. The first-order chi connectivity index (χ1) is 6.99. The van der Waals surface area contributed by atoms with E-state index in [0.717, 1.165) is 0 Å². The van der Waals surface area contributed by atoms with Gasteiger partial charge in [-0.1, -0.05) is 12.2 Å². The maximum Gasteiger partial charge on any atom is 0.308 e. The molecule has 0 bridgehead atoms. The van der Waals surface area contributed by atoms with Gasteiger partial charge in [0.1, 0.15) is 6.10 Å². The van der Waals surface area contributed by atoms with Crippen LogP contribution in [0, 0.1) is 0 Å². The van der Waals surface area contributed by atoms with Gasteiger partial charge >= 0.3 is 5.97 Å². The monoisotopic (exact) mass is 216 g/mol. The van der Waals surface area contributed by atoms with Gasteiger partial charge < -0.3 is 20.1 Å². The Morgan fingerprint density at radius 1 is 1.33 bits per heavy atom. The van der Waals surface area contributed by atoms with Crippen molar-refractivity contribution in [1.82, 2.24) is 0 Å². The average Bonchev–Trinajstić information content (AvgIpc) is 2.12. The molecule has 0 amide bonds. The molecule has 1 aliphatic heterocycles. The van der Waals surface area contributed by atoms with E-state index in [-0.39, 0.29) is 12.8 Å². The summed E-state index contributed by atoms with van der Waals surface area (Å²) in [5.41, 5.74) is 0. The van der Waals surface area contributed by atoms with Crippen LogP contribution in [0.4, 0.5) is 0 Å². The lowest BCUT2D eigenvalue weighted by Gasteiger charge is -2.20. The number of carbonyl (C=O) groups is 1. The molecule has 0 aromatic rings. The number of hydrogen-bond acceptors (Lipinski definition) is 5. The van der Waals surface area contributed by atoms with Gasteiger partial charge in [0.25, 0.3) is 0 Å². The minimum absolute atomic E-state index is 0.244. The smallest absolute Gasteiger partial charge is 0.308 e.